The standard InChI is InChI=1S/C21H22Cl5NO3/c1-28-15-5-4-13(3-2-6-27-7-9-29-10-8-27)11-14(15)12-30-21-19(25)17(23)16(22)18(24)20(21)26/h4-5,11H,2-3,6-10,12H2,1H3. The molecule has 164 valence electrons. The zero-order valence-electron chi connectivity index (χ0n) is 16.5. The van der Waals surface area contributed by atoms with E-state index in [1.807, 2.05) is 6.07 Å². The van der Waals surface area contributed by atoms with Gasteiger partial charge >= 0.3 is 0 Å². The molecular formula is C21H22Cl5NO3. The molecule has 4 nitrogen and oxygen atoms in total. The molecule has 0 N–H and O–H groups in total. The second-order valence-electron chi connectivity index (χ2n) is 6.89. The molecule has 0 aromatic heterocycles. The van der Waals surface area contributed by atoms with E-state index in [0.29, 0.717) is 5.75 Å². The largest absolute Gasteiger partial charge is 0.496 e. The summed E-state index contributed by atoms with van der Waals surface area (Å²) in [7, 11) is 1.62. The lowest BCUT2D eigenvalue weighted by atomic mass is 10.1. The highest BCUT2D eigenvalue weighted by Gasteiger charge is 2.21. The molecule has 9 heteroatoms. The van der Waals surface area contributed by atoms with Gasteiger partial charge in [0.25, 0.3) is 0 Å². The van der Waals surface area contributed by atoms with Gasteiger partial charge in [0, 0.05) is 18.7 Å². The topological polar surface area (TPSA) is 30.9 Å². The van der Waals surface area contributed by atoms with Gasteiger partial charge in [-0.1, -0.05) is 64.1 Å². The smallest absolute Gasteiger partial charge is 0.160 e. The molecule has 0 unspecified atom stereocenters. The number of hydrogen-bond acceptors (Lipinski definition) is 4. The molecule has 1 heterocycles. The van der Waals surface area contributed by atoms with E-state index in [2.05, 4.69) is 17.0 Å². The van der Waals surface area contributed by atoms with Crippen LogP contribution in [0.4, 0.5) is 0 Å². The molecule has 0 saturated carbocycles. The molecule has 1 saturated heterocycles. The lowest BCUT2D eigenvalue weighted by Gasteiger charge is -2.26. The molecule has 0 spiro atoms. The van der Waals surface area contributed by atoms with E-state index in [1.165, 1.54) is 5.56 Å². The summed E-state index contributed by atoms with van der Waals surface area (Å²) in [5.41, 5.74) is 2.07. The highest BCUT2D eigenvalue weighted by molar-refractivity contribution is 6.55. The molecule has 0 amide bonds. The Bertz CT molecular complexity index is 858. The van der Waals surface area contributed by atoms with Crippen LogP contribution in [-0.4, -0.2) is 44.9 Å². The van der Waals surface area contributed by atoms with Crippen molar-refractivity contribution >= 4 is 58.0 Å². The second kappa shape index (κ2) is 11.3. The number of methoxy groups -OCH3 is 1. The molecule has 3 rings (SSSR count). The van der Waals surface area contributed by atoms with E-state index in [4.69, 9.17) is 72.2 Å². The Kier molecular flexibility index (Phi) is 9.08. The van der Waals surface area contributed by atoms with Crippen molar-refractivity contribution < 1.29 is 14.2 Å². The van der Waals surface area contributed by atoms with Crippen molar-refractivity contribution in [2.75, 3.05) is 40.0 Å². The van der Waals surface area contributed by atoms with Crippen molar-refractivity contribution in [2.24, 2.45) is 0 Å². The van der Waals surface area contributed by atoms with E-state index < -0.39 is 0 Å². The van der Waals surface area contributed by atoms with Gasteiger partial charge in [-0.05, 0) is 37.1 Å². The number of hydrogen-bond donors (Lipinski definition) is 0. The van der Waals surface area contributed by atoms with Gasteiger partial charge in [-0.3, -0.25) is 4.90 Å². The summed E-state index contributed by atoms with van der Waals surface area (Å²) in [5.74, 6) is 0.905. The fourth-order valence-corrected chi connectivity index (χ4v) is 4.52. The van der Waals surface area contributed by atoms with Crippen molar-refractivity contribution in [1.29, 1.82) is 0 Å². The third kappa shape index (κ3) is 5.80. The zero-order valence-corrected chi connectivity index (χ0v) is 20.2. The zero-order chi connectivity index (χ0) is 21.7. The van der Waals surface area contributed by atoms with Crippen LogP contribution in [0.2, 0.25) is 25.1 Å². The fraction of sp³-hybridized carbons (Fsp3) is 0.429. The molecule has 1 aliphatic rings. The van der Waals surface area contributed by atoms with Crippen LogP contribution >= 0.6 is 58.0 Å². The summed E-state index contributed by atoms with van der Waals surface area (Å²) in [6.07, 6.45) is 2.02. The average Bonchev–Trinajstić information content (AvgIpc) is 2.77. The van der Waals surface area contributed by atoms with Crippen LogP contribution in [0.5, 0.6) is 11.5 Å². The van der Waals surface area contributed by atoms with Gasteiger partial charge < -0.3 is 14.2 Å². The SMILES string of the molecule is COc1ccc(CCCN2CCOCC2)cc1COc1c(Cl)c(Cl)c(Cl)c(Cl)c1Cl. The number of rotatable bonds is 8. The van der Waals surface area contributed by atoms with Crippen molar-refractivity contribution in [3.8, 4) is 11.5 Å². The third-order valence-electron chi connectivity index (χ3n) is 4.93. The minimum absolute atomic E-state index is 0.0977. The first-order valence-corrected chi connectivity index (χ1v) is 11.4. The van der Waals surface area contributed by atoms with Gasteiger partial charge in [-0.25, -0.2) is 0 Å². The summed E-state index contributed by atoms with van der Waals surface area (Å²) in [5, 5.41) is 0.548. The van der Waals surface area contributed by atoms with Crippen LogP contribution in [0.3, 0.4) is 0 Å². The first kappa shape index (κ1) is 24.1. The number of ether oxygens (including phenoxy) is 3. The molecule has 0 bridgehead atoms. The lowest BCUT2D eigenvalue weighted by Crippen LogP contribution is -2.36. The highest BCUT2D eigenvalue weighted by atomic mass is 35.5. The van der Waals surface area contributed by atoms with Gasteiger partial charge in [0.05, 0.1) is 35.4 Å². The Hall–Kier alpha value is -0.590. The number of morpholine rings is 1. The molecule has 0 aliphatic carbocycles. The fourth-order valence-electron chi connectivity index (χ4n) is 3.29. The Morgan fingerprint density at radius 1 is 0.933 bits per heavy atom. The van der Waals surface area contributed by atoms with Gasteiger partial charge in [0.1, 0.15) is 22.4 Å². The van der Waals surface area contributed by atoms with Crippen molar-refractivity contribution in [3.05, 3.63) is 54.4 Å². The molecule has 2 aromatic rings. The minimum atomic E-state index is 0.0977. The Morgan fingerprint density at radius 3 is 2.20 bits per heavy atom. The summed E-state index contributed by atoms with van der Waals surface area (Å²) in [6.45, 7) is 4.86. The lowest BCUT2D eigenvalue weighted by molar-refractivity contribution is 0.0374. The van der Waals surface area contributed by atoms with Crippen molar-refractivity contribution in [2.45, 2.75) is 19.4 Å². The van der Waals surface area contributed by atoms with E-state index in [1.54, 1.807) is 7.11 Å². The average molecular weight is 514 g/mol. The van der Waals surface area contributed by atoms with E-state index in [9.17, 15) is 0 Å². The van der Waals surface area contributed by atoms with Crippen molar-refractivity contribution in [1.82, 2.24) is 4.90 Å². The Labute approximate surface area is 201 Å². The van der Waals surface area contributed by atoms with E-state index >= 15 is 0 Å². The summed E-state index contributed by atoms with van der Waals surface area (Å²) >= 11 is 30.8. The molecule has 1 aliphatic heterocycles. The number of aryl methyl sites for hydroxylation is 1. The molecule has 2 aromatic carbocycles. The Morgan fingerprint density at radius 2 is 1.57 bits per heavy atom. The monoisotopic (exact) mass is 511 g/mol. The second-order valence-corrected chi connectivity index (χ2v) is 8.78. The van der Waals surface area contributed by atoms with Crippen LogP contribution in [0, 0.1) is 0 Å². The molecule has 0 atom stereocenters. The van der Waals surface area contributed by atoms with Gasteiger partial charge in [0.15, 0.2) is 5.75 Å². The number of halogens is 5. The van der Waals surface area contributed by atoms with Crippen LogP contribution in [0.1, 0.15) is 17.5 Å². The van der Waals surface area contributed by atoms with Crippen LogP contribution in [0.15, 0.2) is 18.2 Å². The molecule has 30 heavy (non-hydrogen) atoms. The highest BCUT2D eigenvalue weighted by Crippen LogP contribution is 2.48. The normalized spacial score (nSPS) is 14.7. The van der Waals surface area contributed by atoms with Crippen molar-refractivity contribution in [3.63, 3.8) is 0 Å². The quantitative estimate of drug-likeness (QED) is 0.287. The first-order valence-electron chi connectivity index (χ1n) is 9.52. The van der Waals surface area contributed by atoms with Crippen LogP contribution in [0.25, 0.3) is 0 Å². The van der Waals surface area contributed by atoms with E-state index in [0.717, 1.165) is 51.3 Å². The summed E-state index contributed by atoms with van der Waals surface area (Å²) < 4.78 is 16.7. The predicted octanol–water partition coefficient (Wildman–Crippen LogP) is 6.81. The molecule has 0 radical (unpaired) electrons. The third-order valence-corrected chi connectivity index (χ3v) is 7.17. The number of nitrogens with zero attached hydrogens (tertiary/aromatic N) is 1. The summed E-state index contributed by atoms with van der Waals surface area (Å²) in [6, 6.07) is 6.07. The van der Waals surface area contributed by atoms with Gasteiger partial charge in [-0.2, -0.15) is 0 Å². The maximum absolute atomic E-state index is 6.26. The van der Waals surface area contributed by atoms with Gasteiger partial charge in [0.2, 0.25) is 0 Å². The van der Waals surface area contributed by atoms with Gasteiger partial charge in [-0.15, -0.1) is 0 Å². The number of benzene rings is 2. The maximum Gasteiger partial charge on any atom is 0.160 e. The van der Waals surface area contributed by atoms with Crippen LogP contribution in [-0.2, 0) is 17.8 Å². The predicted molar refractivity (Wildman–Crippen MR) is 124 cm³/mol. The van der Waals surface area contributed by atoms with Crippen LogP contribution < -0.4 is 9.47 Å². The summed E-state index contributed by atoms with van der Waals surface area (Å²) in [4.78, 5) is 2.43. The maximum atomic E-state index is 6.26. The first-order chi connectivity index (χ1) is 14.4. The Balaban J connectivity index is 1.69. The molecule has 1 fully saturated rings. The minimum Gasteiger partial charge on any atom is -0.496 e. The van der Waals surface area contributed by atoms with E-state index in [-0.39, 0.29) is 37.5 Å². The molecular weight excluding hydrogens is 492 g/mol.